The second-order valence-corrected chi connectivity index (χ2v) is 7.23. The highest BCUT2D eigenvalue weighted by atomic mass is 32.2. The van der Waals surface area contributed by atoms with E-state index in [-0.39, 0.29) is 10.6 Å². The number of aromatic nitrogens is 1. The van der Waals surface area contributed by atoms with Crippen LogP contribution in [0.4, 0.5) is 0 Å². The summed E-state index contributed by atoms with van der Waals surface area (Å²) in [7, 11) is -2.44. The van der Waals surface area contributed by atoms with Crippen LogP contribution in [0.15, 0.2) is 17.2 Å². The number of carbonyl (C=O) groups excluding carboxylic acids is 1. The molecule has 1 heterocycles. The van der Waals surface area contributed by atoms with E-state index in [2.05, 4.69) is 0 Å². The third-order valence-electron chi connectivity index (χ3n) is 2.88. The summed E-state index contributed by atoms with van der Waals surface area (Å²) < 4.78 is 23.9. The Morgan fingerprint density at radius 1 is 1.38 bits per heavy atom. The Bertz CT molecular complexity index is 670. The number of carboxylic acid groups (broad SMARTS) is 1. The van der Waals surface area contributed by atoms with Crippen LogP contribution < -0.4 is 5.14 Å². The van der Waals surface area contributed by atoms with Crippen LogP contribution in [0.2, 0.25) is 0 Å². The number of nitrogens with two attached hydrogens (primary N) is 1. The SMILES string of the molecule is Cn1cc(S(N)(=O)=O)cc1C(=O)N(CC(=O)O)C(C)(C)C. The second-order valence-electron chi connectivity index (χ2n) is 5.67. The number of sulfonamides is 1. The Labute approximate surface area is 123 Å². The zero-order chi connectivity index (χ0) is 16.6. The van der Waals surface area contributed by atoms with Gasteiger partial charge in [-0.3, -0.25) is 9.59 Å². The summed E-state index contributed by atoms with van der Waals surface area (Å²) in [5.41, 5.74) is -0.684. The first-order chi connectivity index (χ1) is 9.34. The van der Waals surface area contributed by atoms with Crippen molar-refractivity contribution in [3.63, 3.8) is 0 Å². The van der Waals surface area contributed by atoms with E-state index in [0.717, 1.165) is 11.0 Å². The molecule has 1 rings (SSSR count). The summed E-state index contributed by atoms with van der Waals surface area (Å²) in [6, 6.07) is 1.14. The van der Waals surface area contributed by atoms with Crippen LogP contribution in [0.1, 0.15) is 31.3 Å². The molecule has 0 unspecified atom stereocenters. The first-order valence-electron chi connectivity index (χ1n) is 6.07. The van der Waals surface area contributed by atoms with E-state index in [9.17, 15) is 18.0 Å². The molecule has 9 heteroatoms. The molecule has 0 radical (unpaired) electrons. The molecule has 3 N–H and O–H groups in total. The molecule has 0 aliphatic heterocycles. The fourth-order valence-corrected chi connectivity index (χ4v) is 2.37. The lowest BCUT2D eigenvalue weighted by molar-refractivity contribution is -0.138. The number of aliphatic carboxylic acids is 1. The summed E-state index contributed by atoms with van der Waals surface area (Å²) in [5, 5.41) is 14.0. The van der Waals surface area contributed by atoms with Crippen molar-refractivity contribution in [3.8, 4) is 0 Å². The largest absolute Gasteiger partial charge is 0.480 e. The molecule has 0 aliphatic rings. The lowest BCUT2D eigenvalue weighted by Crippen LogP contribution is -2.48. The standard InChI is InChI=1S/C12H19N3O5S/c1-12(2,3)15(7-10(16)17)11(18)9-5-8(6-14(9)4)21(13,19)20/h5-6H,7H2,1-4H3,(H,16,17)(H2,13,19,20). The van der Waals surface area contributed by atoms with E-state index in [1.807, 2.05) is 0 Å². The maximum Gasteiger partial charge on any atom is 0.323 e. The minimum absolute atomic E-state index is 0.0511. The van der Waals surface area contributed by atoms with Gasteiger partial charge in [-0.15, -0.1) is 0 Å². The van der Waals surface area contributed by atoms with E-state index in [1.54, 1.807) is 20.8 Å². The van der Waals surface area contributed by atoms with Crippen molar-refractivity contribution < 1.29 is 23.1 Å². The van der Waals surface area contributed by atoms with E-state index in [0.29, 0.717) is 0 Å². The lowest BCUT2D eigenvalue weighted by atomic mass is 10.1. The molecule has 0 atom stereocenters. The minimum Gasteiger partial charge on any atom is -0.480 e. The molecule has 0 bridgehead atoms. The number of carboxylic acids is 1. The quantitative estimate of drug-likeness (QED) is 0.809. The zero-order valence-electron chi connectivity index (χ0n) is 12.3. The molecule has 0 fully saturated rings. The van der Waals surface area contributed by atoms with Crippen LogP contribution in [0, 0.1) is 0 Å². The molecule has 21 heavy (non-hydrogen) atoms. The Balaban J connectivity index is 3.28. The highest BCUT2D eigenvalue weighted by Gasteiger charge is 2.31. The molecule has 0 aromatic carbocycles. The van der Waals surface area contributed by atoms with Gasteiger partial charge in [0.1, 0.15) is 17.1 Å². The normalized spacial score (nSPS) is 12.2. The molecule has 0 aliphatic carbocycles. The van der Waals surface area contributed by atoms with Gasteiger partial charge < -0.3 is 14.6 Å². The predicted molar refractivity (Wildman–Crippen MR) is 75.2 cm³/mol. The molecule has 8 nitrogen and oxygen atoms in total. The molecule has 1 aromatic heterocycles. The molecule has 1 amide bonds. The van der Waals surface area contributed by atoms with Gasteiger partial charge in [0.15, 0.2) is 0 Å². The number of aryl methyl sites for hydroxylation is 1. The summed E-state index contributed by atoms with van der Waals surface area (Å²) in [5.74, 6) is -1.73. The number of amides is 1. The van der Waals surface area contributed by atoms with Gasteiger partial charge in [-0.2, -0.15) is 0 Å². The third kappa shape index (κ3) is 4.05. The van der Waals surface area contributed by atoms with Crippen LogP contribution in [0.3, 0.4) is 0 Å². The maximum atomic E-state index is 12.5. The first kappa shape index (κ1) is 17.2. The van der Waals surface area contributed by atoms with Gasteiger partial charge in [-0.1, -0.05) is 0 Å². The van der Waals surface area contributed by atoms with Gasteiger partial charge in [-0.05, 0) is 26.8 Å². The highest BCUT2D eigenvalue weighted by Crippen LogP contribution is 2.19. The van der Waals surface area contributed by atoms with Crippen molar-refractivity contribution >= 4 is 21.9 Å². The minimum atomic E-state index is -3.93. The van der Waals surface area contributed by atoms with Crippen LogP contribution in [-0.4, -0.2) is 47.0 Å². The molecule has 0 saturated carbocycles. The average molecular weight is 317 g/mol. The Morgan fingerprint density at radius 2 is 1.90 bits per heavy atom. The highest BCUT2D eigenvalue weighted by molar-refractivity contribution is 7.89. The van der Waals surface area contributed by atoms with Crippen molar-refractivity contribution in [1.82, 2.24) is 9.47 Å². The summed E-state index contributed by atoms with van der Waals surface area (Å²) in [4.78, 5) is 24.4. The molecule has 118 valence electrons. The second kappa shape index (κ2) is 5.49. The fourth-order valence-electron chi connectivity index (χ4n) is 1.79. The van der Waals surface area contributed by atoms with Crippen molar-refractivity contribution in [1.29, 1.82) is 0 Å². The van der Waals surface area contributed by atoms with E-state index >= 15 is 0 Å². The molecule has 1 aromatic rings. The van der Waals surface area contributed by atoms with Gasteiger partial charge in [0.2, 0.25) is 10.0 Å². The molecular formula is C12H19N3O5S. The number of hydrogen-bond acceptors (Lipinski definition) is 4. The first-order valence-corrected chi connectivity index (χ1v) is 7.61. The maximum absolute atomic E-state index is 12.5. The smallest absolute Gasteiger partial charge is 0.323 e. The number of carbonyl (C=O) groups is 2. The van der Waals surface area contributed by atoms with Crippen molar-refractivity contribution in [2.24, 2.45) is 12.2 Å². The van der Waals surface area contributed by atoms with Crippen LogP contribution >= 0.6 is 0 Å². The Hall–Kier alpha value is -1.87. The van der Waals surface area contributed by atoms with Crippen molar-refractivity contribution in [3.05, 3.63) is 18.0 Å². The van der Waals surface area contributed by atoms with Gasteiger partial charge in [0.05, 0.1) is 0 Å². The summed E-state index contributed by atoms with van der Waals surface area (Å²) in [6.07, 6.45) is 1.21. The number of rotatable bonds is 4. The van der Waals surface area contributed by atoms with Gasteiger partial charge in [0.25, 0.3) is 5.91 Å². The summed E-state index contributed by atoms with van der Waals surface area (Å²) >= 11 is 0. The summed E-state index contributed by atoms with van der Waals surface area (Å²) in [6.45, 7) is 4.59. The zero-order valence-corrected chi connectivity index (χ0v) is 13.1. The van der Waals surface area contributed by atoms with Crippen LogP contribution in [-0.2, 0) is 21.9 Å². The predicted octanol–water partition coefficient (Wildman–Crippen LogP) is -0.00220. The monoisotopic (exact) mass is 317 g/mol. The number of nitrogens with zero attached hydrogens (tertiary/aromatic N) is 2. The third-order valence-corrected chi connectivity index (χ3v) is 3.76. The fraction of sp³-hybridized carbons (Fsp3) is 0.500. The number of primary sulfonamides is 1. The van der Waals surface area contributed by atoms with Gasteiger partial charge in [0, 0.05) is 18.8 Å². The van der Waals surface area contributed by atoms with Crippen molar-refractivity contribution in [2.45, 2.75) is 31.2 Å². The van der Waals surface area contributed by atoms with Crippen LogP contribution in [0.25, 0.3) is 0 Å². The van der Waals surface area contributed by atoms with Gasteiger partial charge in [-0.25, -0.2) is 13.6 Å². The van der Waals surface area contributed by atoms with E-state index in [1.165, 1.54) is 17.8 Å². The average Bonchev–Trinajstić information content (AvgIpc) is 2.65. The lowest BCUT2D eigenvalue weighted by Gasteiger charge is -2.34. The topological polar surface area (TPSA) is 123 Å². The molecular weight excluding hydrogens is 298 g/mol. The Kier molecular flexibility index (Phi) is 4.49. The van der Waals surface area contributed by atoms with Crippen LogP contribution in [0.5, 0.6) is 0 Å². The van der Waals surface area contributed by atoms with Gasteiger partial charge >= 0.3 is 5.97 Å². The van der Waals surface area contributed by atoms with Crippen molar-refractivity contribution in [2.75, 3.05) is 6.54 Å². The molecule has 0 saturated heterocycles. The Morgan fingerprint density at radius 3 is 2.24 bits per heavy atom. The van der Waals surface area contributed by atoms with E-state index < -0.39 is 34.0 Å². The van der Waals surface area contributed by atoms with E-state index in [4.69, 9.17) is 10.2 Å². The number of hydrogen-bond donors (Lipinski definition) is 2. The molecule has 0 spiro atoms.